The Balaban J connectivity index is 2.77. The van der Waals surface area contributed by atoms with E-state index >= 15 is 0 Å². The molecule has 1 aliphatic heterocycles. The molecule has 7 N–H and O–H groups in total. The van der Waals surface area contributed by atoms with Gasteiger partial charge in [-0.3, -0.25) is 19.2 Å². The molecule has 0 aromatic rings. The molecule has 28 heavy (non-hydrogen) atoms. The molecule has 1 fully saturated rings. The van der Waals surface area contributed by atoms with Crippen molar-refractivity contribution < 1.29 is 39.3 Å². The van der Waals surface area contributed by atoms with E-state index in [1.165, 1.54) is 4.90 Å². The molecule has 4 unspecified atom stereocenters. The number of aliphatic carboxylic acids is 2. The van der Waals surface area contributed by atoms with E-state index in [0.717, 1.165) is 0 Å². The maximum atomic E-state index is 12.5. The SMILES string of the molecule is NC(CC(=O)O)C(=O)N1CCCC1C(=O)NC(CS)C(=O)NC(CO)C(=O)O. The number of carbonyl (C=O) groups is 5. The van der Waals surface area contributed by atoms with Gasteiger partial charge in [-0.05, 0) is 12.8 Å². The van der Waals surface area contributed by atoms with Crippen LogP contribution < -0.4 is 16.4 Å². The van der Waals surface area contributed by atoms with Gasteiger partial charge in [-0.15, -0.1) is 0 Å². The van der Waals surface area contributed by atoms with Crippen LogP contribution in [-0.4, -0.2) is 93.0 Å². The Morgan fingerprint density at radius 1 is 1.14 bits per heavy atom. The number of carbonyl (C=O) groups excluding carboxylic acids is 3. The second-order valence-corrected chi connectivity index (χ2v) is 6.58. The quantitative estimate of drug-likeness (QED) is 0.177. The summed E-state index contributed by atoms with van der Waals surface area (Å²) in [5, 5.41) is 31.0. The lowest BCUT2D eigenvalue weighted by molar-refractivity contribution is -0.144. The van der Waals surface area contributed by atoms with E-state index in [0.29, 0.717) is 12.8 Å². The van der Waals surface area contributed by atoms with Crippen LogP contribution in [0.4, 0.5) is 0 Å². The highest BCUT2D eigenvalue weighted by Crippen LogP contribution is 2.19. The largest absolute Gasteiger partial charge is 0.481 e. The summed E-state index contributed by atoms with van der Waals surface area (Å²) in [5.74, 6) is -5.06. The summed E-state index contributed by atoms with van der Waals surface area (Å²) in [6.45, 7) is -0.617. The molecule has 1 aliphatic rings. The van der Waals surface area contributed by atoms with Crippen molar-refractivity contribution in [3.8, 4) is 0 Å². The van der Waals surface area contributed by atoms with Crippen molar-refractivity contribution in [2.24, 2.45) is 5.73 Å². The van der Waals surface area contributed by atoms with Gasteiger partial charge in [0.25, 0.3) is 0 Å². The lowest BCUT2D eigenvalue weighted by Crippen LogP contribution is -2.57. The topological polar surface area (TPSA) is 199 Å². The summed E-state index contributed by atoms with van der Waals surface area (Å²) >= 11 is 3.96. The molecule has 1 rings (SSSR count). The summed E-state index contributed by atoms with van der Waals surface area (Å²) in [7, 11) is 0. The molecule has 1 saturated heterocycles. The van der Waals surface area contributed by atoms with Crippen LogP contribution in [0.25, 0.3) is 0 Å². The van der Waals surface area contributed by atoms with Gasteiger partial charge < -0.3 is 36.6 Å². The van der Waals surface area contributed by atoms with Crippen molar-refractivity contribution >= 4 is 42.3 Å². The average molecular weight is 420 g/mol. The highest BCUT2D eigenvalue weighted by molar-refractivity contribution is 7.80. The number of nitrogens with two attached hydrogens (primary N) is 1. The van der Waals surface area contributed by atoms with Gasteiger partial charge in [-0.25, -0.2) is 4.79 Å². The van der Waals surface area contributed by atoms with Crippen LogP contribution in [-0.2, 0) is 24.0 Å². The molecule has 0 saturated carbocycles. The van der Waals surface area contributed by atoms with Crippen LogP contribution in [0.1, 0.15) is 19.3 Å². The van der Waals surface area contributed by atoms with E-state index in [-0.39, 0.29) is 12.3 Å². The van der Waals surface area contributed by atoms with Gasteiger partial charge in [0.1, 0.15) is 18.1 Å². The van der Waals surface area contributed by atoms with Crippen LogP contribution in [0.15, 0.2) is 0 Å². The first kappa shape index (κ1) is 23.7. The predicted molar refractivity (Wildman–Crippen MR) is 97.4 cm³/mol. The minimum atomic E-state index is -1.54. The van der Waals surface area contributed by atoms with Crippen molar-refractivity contribution in [2.75, 3.05) is 18.9 Å². The number of nitrogens with one attached hydrogen (secondary N) is 2. The molecule has 13 heteroatoms. The Hall–Kier alpha value is -2.38. The summed E-state index contributed by atoms with van der Waals surface area (Å²) in [4.78, 5) is 59.7. The number of carboxylic acid groups (broad SMARTS) is 2. The number of aliphatic hydroxyl groups excluding tert-OH is 1. The number of amides is 3. The number of carboxylic acids is 2. The molecule has 158 valence electrons. The number of nitrogens with zero attached hydrogens (tertiary/aromatic N) is 1. The van der Waals surface area contributed by atoms with Crippen molar-refractivity contribution in [2.45, 2.75) is 43.4 Å². The third-order valence-electron chi connectivity index (χ3n) is 4.16. The van der Waals surface area contributed by atoms with E-state index in [9.17, 15) is 24.0 Å². The first-order valence-corrected chi connectivity index (χ1v) is 9.08. The lowest BCUT2D eigenvalue weighted by atomic mass is 10.1. The van der Waals surface area contributed by atoms with E-state index in [2.05, 4.69) is 23.3 Å². The molecular weight excluding hydrogens is 396 g/mol. The third kappa shape index (κ3) is 6.35. The smallest absolute Gasteiger partial charge is 0.328 e. The number of thiol groups is 1. The fraction of sp³-hybridized carbons (Fsp3) is 0.667. The Morgan fingerprint density at radius 3 is 2.29 bits per heavy atom. The van der Waals surface area contributed by atoms with Gasteiger partial charge in [-0.2, -0.15) is 12.6 Å². The van der Waals surface area contributed by atoms with E-state index in [1.807, 2.05) is 0 Å². The average Bonchev–Trinajstić information content (AvgIpc) is 3.11. The van der Waals surface area contributed by atoms with Gasteiger partial charge in [0.2, 0.25) is 17.7 Å². The molecule has 0 aromatic carbocycles. The Labute approximate surface area is 165 Å². The Kier molecular flexibility index (Phi) is 9.15. The van der Waals surface area contributed by atoms with Crippen molar-refractivity contribution in [3.63, 3.8) is 0 Å². The fourth-order valence-corrected chi connectivity index (χ4v) is 2.97. The summed E-state index contributed by atoms with van der Waals surface area (Å²) in [6, 6.07) is -4.97. The van der Waals surface area contributed by atoms with Gasteiger partial charge in [-0.1, -0.05) is 0 Å². The first-order chi connectivity index (χ1) is 13.1. The molecule has 12 nitrogen and oxygen atoms in total. The van der Waals surface area contributed by atoms with Crippen LogP contribution >= 0.6 is 12.6 Å². The van der Waals surface area contributed by atoms with Crippen molar-refractivity contribution in [1.82, 2.24) is 15.5 Å². The molecule has 0 radical (unpaired) electrons. The molecule has 4 atom stereocenters. The monoisotopic (exact) mass is 420 g/mol. The standard InChI is InChI=1S/C15H24N4O8S/c16-7(4-11(21)22)14(25)19-3-1-2-10(19)13(24)18-9(6-28)12(23)17-8(5-20)15(26)27/h7-10,20,28H,1-6,16H2,(H,17,23)(H,18,24)(H,21,22)(H,26,27). The van der Waals surface area contributed by atoms with Crippen molar-refractivity contribution in [1.29, 1.82) is 0 Å². The molecule has 0 aliphatic carbocycles. The van der Waals surface area contributed by atoms with Gasteiger partial charge in [0, 0.05) is 12.3 Å². The van der Waals surface area contributed by atoms with Gasteiger partial charge >= 0.3 is 11.9 Å². The minimum Gasteiger partial charge on any atom is -0.481 e. The minimum absolute atomic E-state index is 0.158. The van der Waals surface area contributed by atoms with E-state index in [1.54, 1.807) is 0 Å². The normalized spacial score (nSPS) is 19.4. The molecule has 0 spiro atoms. The molecule has 1 heterocycles. The van der Waals surface area contributed by atoms with Crippen molar-refractivity contribution in [3.05, 3.63) is 0 Å². The van der Waals surface area contributed by atoms with Gasteiger partial charge in [0.15, 0.2) is 0 Å². The maximum absolute atomic E-state index is 12.5. The molecule has 0 aromatic heterocycles. The maximum Gasteiger partial charge on any atom is 0.328 e. The predicted octanol–water partition coefficient (Wildman–Crippen LogP) is -3.24. The molecule has 0 bridgehead atoms. The van der Waals surface area contributed by atoms with Crippen LogP contribution in [0.3, 0.4) is 0 Å². The fourth-order valence-electron chi connectivity index (χ4n) is 2.71. The number of hydrogen-bond acceptors (Lipinski definition) is 8. The zero-order valence-corrected chi connectivity index (χ0v) is 15.8. The molecular formula is C15H24N4O8S. The lowest BCUT2D eigenvalue weighted by Gasteiger charge is -2.28. The number of rotatable bonds is 10. The van der Waals surface area contributed by atoms with Gasteiger partial charge in [0.05, 0.1) is 19.1 Å². The zero-order chi connectivity index (χ0) is 21.4. The highest BCUT2D eigenvalue weighted by Gasteiger charge is 2.38. The second kappa shape index (κ2) is 10.8. The Morgan fingerprint density at radius 2 is 1.79 bits per heavy atom. The molecule has 3 amide bonds. The van der Waals surface area contributed by atoms with Crippen LogP contribution in [0.2, 0.25) is 0 Å². The number of likely N-dealkylation sites (tertiary alicyclic amines) is 1. The summed E-state index contributed by atoms with van der Waals surface area (Å²) in [6.07, 6.45) is 0.211. The summed E-state index contributed by atoms with van der Waals surface area (Å²) in [5.41, 5.74) is 5.58. The zero-order valence-electron chi connectivity index (χ0n) is 14.9. The highest BCUT2D eigenvalue weighted by atomic mass is 32.1. The third-order valence-corrected chi connectivity index (χ3v) is 4.53. The number of hydrogen-bond donors (Lipinski definition) is 7. The number of aliphatic hydroxyl groups is 1. The summed E-state index contributed by atoms with van der Waals surface area (Å²) < 4.78 is 0. The second-order valence-electron chi connectivity index (χ2n) is 6.22. The van der Waals surface area contributed by atoms with Crippen LogP contribution in [0.5, 0.6) is 0 Å². The van der Waals surface area contributed by atoms with Crippen LogP contribution in [0, 0.1) is 0 Å². The first-order valence-electron chi connectivity index (χ1n) is 8.45. The van der Waals surface area contributed by atoms with E-state index < -0.39 is 66.9 Å². The van der Waals surface area contributed by atoms with E-state index in [4.69, 9.17) is 21.1 Å². The Bertz CT molecular complexity index is 631.